The zero-order valence-electron chi connectivity index (χ0n) is 6.36. The number of hydrogen-bond donors (Lipinski definition) is 1. The molecule has 0 bridgehead atoms. The highest BCUT2D eigenvalue weighted by molar-refractivity contribution is 5.84. The van der Waals surface area contributed by atoms with E-state index in [2.05, 4.69) is 31.1 Å². The van der Waals surface area contributed by atoms with Crippen molar-refractivity contribution >= 4 is 5.84 Å². The maximum absolute atomic E-state index is 4.31. The Morgan fingerprint density at radius 1 is 1.67 bits per heavy atom. The summed E-state index contributed by atoms with van der Waals surface area (Å²) in [6, 6.07) is 0. The molecule has 0 aromatic heterocycles. The topological polar surface area (TPSA) is 24.4 Å². The molecule has 0 atom stereocenters. The second kappa shape index (κ2) is 2.01. The van der Waals surface area contributed by atoms with Crippen LogP contribution in [0.5, 0.6) is 0 Å². The van der Waals surface area contributed by atoms with Crippen molar-refractivity contribution in [3.05, 3.63) is 0 Å². The van der Waals surface area contributed by atoms with Crippen LogP contribution >= 0.6 is 0 Å². The van der Waals surface area contributed by atoms with E-state index in [4.69, 9.17) is 0 Å². The number of rotatable bonds is 1. The minimum Gasteiger partial charge on any atom is -0.367 e. The number of hydrogen-bond acceptors (Lipinski definition) is 2. The molecule has 0 radical (unpaired) electrons. The van der Waals surface area contributed by atoms with Crippen LogP contribution in [-0.2, 0) is 0 Å². The van der Waals surface area contributed by atoms with Crippen molar-refractivity contribution in [2.75, 3.05) is 6.54 Å². The zero-order chi connectivity index (χ0) is 6.91. The van der Waals surface area contributed by atoms with E-state index in [0.29, 0.717) is 0 Å². The number of aliphatic imine (C=N–C) groups is 1. The lowest BCUT2D eigenvalue weighted by atomic mass is 10.1. The van der Waals surface area contributed by atoms with Gasteiger partial charge in [-0.3, -0.25) is 4.99 Å². The van der Waals surface area contributed by atoms with Gasteiger partial charge in [-0.05, 0) is 13.8 Å². The van der Waals surface area contributed by atoms with Crippen LogP contribution in [0, 0.1) is 0 Å². The molecule has 9 heavy (non-hydrogen) atoms. The maximum atomic E-state index is 4.31. The molecule has 0 unspecified atom stereocenters. The van der Waals surface area contributed by atoms with Crippen molar-refractivity contribution < 1.29 is 0 Å². The molecule has 0 saturated heterocycles. The molecule has 0 amide bonds. The summed E-state index contributed by atoms with van der Waals surface area (Å²) in [5.74, 6) is 1.15. The van der Waals surface area contributed by atoms with Crippen LogP contribution in [0.1, 0.15) is 27.2 Å². The standard InChI is InChI=1S/C7H14N2/c1-4-6-8-5-7(2,3)9-6/h4-5H2,1-3H3,(H,8,9). The summed E-state index contributed by atoms with van der Waals surface area (Å²) in [6.45, 7) is 7.38. The lowest BCUT2D eigenvalue weighted by Crippen LogP contribution is -2.39. The average Bonchev–Trinajstić information content (AvgIpc) is 2.10. The molecule has 52 valence electrons. The van der Waals surface area contributed by atoms with Gasteiger partial charge in [0.2, 0.25) is 0 Å². The quantitative estimate of drug-likeness (QED) is 0.560. The van der Waals surface area contributed by atoms with Gasteiger partial charge in [0.1, 0.15) is 0 Å². The van der Waals surface area contributed by atoms with Gasteiger partial charge in [-0.25, -0.2) is 0 Å². The predicted molar refractivity (Wildman–Crippen MR) is 39.8 cm³/mol. The minimum absolute atomic E-state index is 0.214. The van der Waals surface area contributed by atoms with E-state index in [9.17, 15) is 0 Å². The first-order valence-electron chi connectivity index (χ1n) is 3.45. The van der Waals surface area contributed by atoms with Crippen LogP contribution in [0.3, 0.4) is 0 Å². The molecule has 0 aromatic rings. The monoisotopic (exact) mass is 126 g/mol. The van der Waals surface area contributed by atoms with Gasteiger partial charge < -0.3 is 5.32 Å². The molecule has 0 aliphatic carbocycles. The SMILES string of the molecule is CCC1=NCC(C)(C)N1. The van der Waals surface area contributed by atoms with Gasteiger partial charge in [0.05, 0.1) is 17.9 Å². The molecule has 2 heteroatoms. The molecule has 0 spiro atoms. The van der Waals surface area contributed by atoms with Gasteiger partial charge in [0.25, 0.3) is 0 Å². The zero-order valence-corrected chi connectivity index (χ0v) is 6.36. The molecule has 2 nitrogen and oxygen atoms in total. The van der Waals surface area contributed by atoms with E-state index in [1.165, 1.54) is 0 Å². The highest BCUT2D eigenvalue weighted by Crippen LogP contribution is 2.09. The lowest BCUT2D eigenvalue weighted by molar-refractivity contribution is 0.504. The summed E-state index contributed by atoms with van der Waals surface area (Å²) in [7, 11) is 0. The first kappa shape index (κ1) is 6.59. The van der Waals surface area contributed by atoms with Crippen LogP contribution in [-0.4, -0.2) is 17.9 Å². The fourth-order valence-electron chi connectivity index (χ4n) is 0.963. The van der Waals surface area contributed by atoms with Gasteiger partial charge in [0.15, 0.2) is 0 Å². The summed E-state index contributed by atoms with van der Waals surface area (Å²) in [5, 5.41) is 3.33. The second-order valence-corrected chi connectivity index (χ2v) is 3.13. The summed E-state index contributed by atoms with van der Waals surface area (Å²) >= 11 is 0. The van der Waals surface area contributed by atoms with E-state index in [1.807, 2.05) is 0 Å². The fourth-order valence-corrected chi connectivity index (χ4v) is 0.963. The molecular weight excluding hydrogens is 112 g/mol. The van der Waals surface area contributed by atoms with Gasteiger partial charge in [0, 0.05) is 6.42 Å². The van der Waals surface area contributed by atoms with Gasteiger partial charge in [-0.2, -0.15) is 0 Å². The third-order valence-corrected chi connectivity index (χ3v) is 1.48. The first-order chi connectivity index (χ1) is 4.14. The molecule has 1 N–H and O–H groups in total. The molecule has 1 heterocycles. The molecule has 0 aromatic carbocycles. The molecule has 0 saturated carbocycles. The number of amidine groups is 1. The van der Waals surface area contributed by atoms with E-state index in [1.54, 1.807) is 0 Å². The molecule has 1 aliphatic rings. The summed E-state index contributed by atoms with van der Waals surface area (Å²) in [6.07, 6.45) is 1.03. The summed E-state index contributed by atoms with van der Waals surface area (Å²) in [5.41, 5.74) is 0.214. The van der Waals surface area contributed by atoms with E-state index < -0.39 is 0 Å². The Kier molecular flexibility index (Phi) is 1.47. The summed E-state index contributed by atoms with van der Waals surface area (Å²) in [4.78, 5) is 4.31. The van der Waals surface area contributed by atoms with Crippen LogP contribution in [0.2, 0.25) is 0 Å². The van der Waals surface area contributed by atoms with Crippen LogP contribution in [0.15, 0.2) is 4.99 Å². The van der Waals surface area contributed by atoms with Crippen molar-refractivity contribution in [1.82, 2.24) is 5.32 Å². The Morgan fingerprint density at radius 2 is 2.33 bits per heavy atom. The third kappa shape index (κ3) is 1.44. The smallest absolute Gasteiger partial charge is 0.0966 e. The van der Waals surface area contributed by atoms with Crippen LogP contribution in [0.25, 0.3) is 0 Å². The van der Waals surface area contributed by atoms with E-state index in [-0.39, 0.29) is 5.54 Å². The highest BCUT2D eigenvalue weighted by atomic mass is 15.1. The first-order valence-corrected chi connectivity index (χ1v) is 3.45. The van der Waals surface area contributed by atoms with Crippen molar-refractivity contribution in [3.8, 4) is 0 Å². The van der Waals surface area contributed by atoms with Gasteiger partial charge >= 0.3 is 0 Å². The molecule has 0 fully saturated rings. The van der Waals surface area contributed by atoms with Crippen molar-refractivity contribution in [1.29, 1.82) is 0 Å². The minimum atomic E-state index is 0.214. The normalized spacial score (nSPS) is 23.2. The Hall–Kier alpha value is -0.530. The van der Waals surface area contributed by atoms with Crippen molar-refractivity contribution in [2.24, 2.45) is 4.99 Å². The maximum Gasteiger partial charge on any atom is 0.0966 e. The van der Waals surface area contributed by atoms with Crippen LogP contribution < -0.4 is 5.32 Å². The van der Waals surface area contributed by atoms with Gasteiger partial charge in [-0.15, -0.1) is 0 Å². The predicted octanol–water partition coefficient (Wildman–Crippen LogP) is 1.18. The van der Waals surface area contributed by atoms with E-state index in [0.717, 1.165) is 18.8 Å². The third-order valence-electron chi connectivity index (χ3n) is 1.48. The Labute approximate surface area is 56.4 Å². The Bertz CT molecular complexity index is 136. The van der Waals surface area contributed by atoms with Crippen molar-refractivity contribution in [3.63, 3.8) is 0 Å². The highest BCUT2D eigenvalue weighted by Gasteiger charge is 2.22. The van der Waals surface area contributed by atoms with Crippen LogP contribution in [0.4, 0.5) is 0 Å². The van der Waals surface area contributed by atoms with Gasteiger partial charge in [-0.1, -0.05) is 6.92 Å². The Morgan fingerprint density at radius 3 is 2.56 bits per heavy atom. The molecule has 1 rings (SSSR count). The second-order valence-electron chi connectivity index (χ2n) is 3.13. The molecular formula is C7H14N2. The molecule has 1 aliphatic heterocycles. The fraction of sp³-hybridized carbons (Fsp3) is 0.857. The average molecular weight is 126 g/mol. The van der Waals surface area contributed by atoms with E-state index >= 15 is 0 Å². The number of nitrogens with zero attached hydrogens (tertiary/aromatic N) is 1. The van der Waals surface area contributed by atoms with Crippen molar-refractivity contribution in [2.45, 2.75) is 32.7 Å². The largest absolute Gasteiger partial charge is 0.367 e. The number of nitrogens with one attached hydrogen (secondary N) is 1. The Balaban J connectivity index is 2.50. The summed E-state index contributed by atoms with van der Waals surface area (Å²) < 4.78 is 0. The lowest BCUT2D eigenvalue weighted by Gasteiger charge is -2.17.